The van der Waals surface area contributed by atoms with Gasteiger partial charge in [0.25, 0.3) is 0 Å². The predicted molar refractivity (Wildman–Crippen MR) is 65.9 cm³/mol. The Kier molecular flexibility index (Phi) is 4.53. The van der Waals surface area contributed by atoms with Crippen LogP contribution in [0.5, 0.6) is 0 Å². The molecule has 0 saturated heterocycles. The van der Waals surface area contributed by atoms with Crippen molar-refractivity contribution in [3.8, 4) is 0 Å². The lowest BCUT2D eigenvalue weighted by Gasteiger charge is -2.14. The van der Waals surface area contributed by atoms with Gasteiger partial charge in [-0.1, -0.05) is 0 Å². The predicted octanol–water partition coefficient (Wildman–Crippen LogP) is 3.09. The summed E-state index contributed by atoms with van der Waals surface area (Å²) in [4.78, 5) is 22.7. The normalized spacial score (nSPS) is 11.6. The summed E-state index contributed by atoms with van der Waals surface area (Å²) < 4.78 is 30.3. The maximum Gasteiger partial charge on any atom is 0.338 e. The largest absolute Gasteiger partial charge is 0.389 e. The van der Waals surface area contributed by atoms with Gasteiger partial charge in [0, 0.05) is 12.1 Å². The molecule has 0 heterocycles. The highest BCUT2D eigenvalue weighted by atomic mass is 19.1. The second kappa shape index (κ2) is 5.73. The number of hydrogen-bond donors (Lipinski definition) is 0. The standard InChI is InChI=1S/C14H14F2O3/c1-14(2,3)13(18)19-12(17)5-4-9-6-10(15)8-11(16)7-9/h4-8H,1-3H3/b5-4+. The van der Waals surface area contributed by atoms with Crippen LogP contribution in [0.3, 0.4) is 0 Å². The van der Waals surface area contributed by atoms with Gasteiger partial charge in [0.05, 0.1) is 5.41 Å². The van der Waals surface area contributed by atoms with Gasteiger partial charge in [-0.25, -0.2) is 13.6 Å². The lowest BCUT2D eigenvalue weighted by atomic mass is 9.97. The van der Waals surface area contributed by atoms with Crippen LogP contribution < -0.4 is 0 Å². The molecule has 1 aromatic carbocycles. The number of carbonyl (C=O) groups excluding carboxylic acids is 2. The number of ether oxygens (including phenoxy) is 1. The fraction of sp³-hybridized carbons (Fsp3) is 0.286. The van der Waals surface area contributed by atoms with E-state index < -0.39 is 29.0 Å². The zero-order valence-corrected chi connectivity index (χ0v) is 10.9. The molecule has 0 unspecified atom stereocenters. The fourth-order valence-electron chi connectivity index (χ4n) is 1.11. The van der Waals surface area contributed by atoms with E-state index in [-0.39, 0.29) is 5.56 Å². The Morgan fingerprint density at radius 3 is 2.11 bits per heavy atom. The first-order valence-electron chi connectivity index (χ1n) is 5.59. The molecule has 0 radical (unpaired) electrons. The summed E-state index contributed by atoms with van der Waals surface area (Å²) >= 11 is 0. The zero-order valence-electron chi connectivity index (χ0n) is 10.9. The van der Waals surface area contributed by atoms with E-state index in [1.165, 1.54) is 6.08 Å². The smallest absolute Gasteiger partial charge is 0.338 e. The first-order valence-corrected chi connectivity index (χ1v) is 5.59. The van der Waals surface area contributed by atoms with Crippen molar-refractivity contribution in [1.82, 2.24) is 0 Å². The van der Waals surface area contributed by atoms with Crippen molar-refractivity contribution in [1.29, 1.82) is 0 Å². The topological polar surface area (TPSA) is 43.4 Å². The van der Waals surface area contributed by atoms with E-state index >= 15 is 0 Å². The molecule has 0 amide bonds. The quantitative estimate of drug-likeness (QED) is 0.470. The number of rotatable bonds is 2. The lowest BCUT2D eigenvalue weighted by Crippen LogP contribution is -2.25. The summed E-state index contributed by atoms with van der Waals surface area (Å²) in [6.07, 6.45) is 2.11. The highest BCUT2D eigenvalue weighted by molar-refractivity contribution is 5.96. The highest BCUT2D eigenvalue weighted by Crippen LogP contribution is 2.15. The van der Waals surface area contributed by atoms with E-state index in [9.17, 15) is 18.4 Å². The van der Waals surface area contributed by atoms with E-state index in [1.807, 2.05) is 0 Å². The molecule has 0 atom stereocenters. The molecule has 0 aliphatic rings. The SMILES string of the molecule is CC(C)(C)C(=O)OC(=O)/C=C/c1cc(F)cc(F)c1. The van der Waals surface area contributed by atoms with E-state index in [1.54, 1.807) is 20.8 Å². The highest BCUT2D eigenvalue weighted by Gasteiger charge is 2.24. The summed E-state index contributed by atoms with van der Waals surface area (Å²) in [5.41, 5.74) is -0.633. The van der Waals surface area contributed by atoms with Gasteiger partial charge in [0.1, 0.15) is 11.6 Å². The van der Waals surface area contributed by atoms with Crippen LogP contribution in [-0.4, -0.2) is 11.9 Å². The number of hydrogen-bond acceptors (Lipinski definition) is 3. The molecule has 0 fully saturated rings. The van der Waals surface area contributed by atoms with Crippen molar-refractivity contribution in [2.45, 2.75) is 20.8 Å². The Morgan fingerprint density at radius 2 is 1.63 bits per heavy atom. The minimum atomic E-state index is -0.885. The Bertz CT molecular complexity index is 508. The van der Waals surface area contributed by atoms with Gasteiger partial charge in [0.15, 0.2) is 0 Å². The summed E-state index contributed by atoms with van der Waals surface area (Å²) in [7, 11) is 0. The molecule has 0 aliphatic heterocycles. The molecule has 0 aliphatic carbocycles. The molecule has 1 aromatic rings. The summed E-state index contributed by atoms with van der Waals surface area (Å²) in [6, 6.07) is 2.83. The third kappa shape index (κ3) is 4.99. The first kappa shape index (κ1) is 15.0. The Morgan fingerprint density at radius 1 is 1.11 bits per heavy atom. The molecule has 0 bridgehead atoms. The third-order valence-corrected chi connectivity index (χ3v) is 2.10. The second-order valence-corrected chi connectivity index (χ2v) is 4.99. The van der Waals surface area contributed by atoms with E-state index in [0.29, 0.717) is 0 Å². The van der Waals surface area contributed by atoms with Crippen molar-refractivity contribution in [2.24, 2.45) is 5.41 Å². The number of halogens is 2. The van der Waals surface area contributed by atoms with Gasteiger partial charge in [-0.05, 0) is 44.5 Å². The monoisotopic (exact) mass is 268 g/mol. The Balaban J connectivity index is 2.71. The van der Waals surface area contributed by atoms with Gasteiger partial charge in [-0.15, -0.1) is 0 Å². The van der Waals surface area contributed by atoms with E-state index in [0.717, 1.165) is 24.3 Å². The summed E-state index contributed by atoms with van der Waals surface area (Å²) in [6.45, 7) is 4.82. The van der Waals surface area contributed by atoms with Gasteiger partial charge in [-0.3, -0.25) is 4.79 Å². The Hall–Kier alpha value is -2.04. The minimum Gasteiger partial charge on any atom is -0.389 e. The lowest BCUT2D eigenvalue weighted by molar-refractivity contribution is -0.162. The van der Waals surface area contributed by atoms with Gasteiger partial charge in [0.2, 0.25) is 0 Å². The molecule has 0 spiro atoms. The average Bonchev–Trinajstić information content (AvgIpc) is 2.23. The van der Waals surface area contributed by atoms with E-state index in [4.69, 9.17) is 0 Å². The van der Waals surface area contributed by atoms with Crippen LogP contribution in [0.15, 0.2) is 24.3 Å². The van der Waals surface area contributed by atoms with Crippen molar-refractivity contribution < 1.29 is 23.1 Å². The number of esters is 2. The zero-order chi connectivity index (χ0) is 14.6. The molecule has 19 heavy (non-hydrogen) atoms. The van der Waals surface area contributed by atoms with Crippen LogP contribution in [-0.2, 0) is 14.3 Å². The van der Waals surface area contributed by atoms with Gasteiger partial charge >= 0.3 is 11.9 Å². The summed E-state index contributed by atoms with van der Waals surface area (Å²) in [5.74, 6) is -3.06. The van der Waals surface area contributed by atoms with Crippen molar-refractivity contribution in [3.05, 3.63) is 41.5 Å². The average molecular weight is 268 g/mol. The fourth-order valence-corrected chi connectivity index (χ4v) is 1.11. The van der Waals surface area contributed by atoms with Crippen LogP contribution in [0.4, 0.5) is 8.78 Å². The molecule has 0 saturated carbocycles. The molecule has 0 aromatic heterocycles. The molecular formula is C14H14F2O3. The van der Waals surface area contributed by atoms with Crippen LogP contribution in [0, 0.1) is 17.0 Å². The molecule has 102 valence electrons. The molecule has 5 heteroatoms. The Labute approximate surface area is 109 Å². The van der Waals surface area contributed by atoms with Crippen molar-refractivity contribution in [2.75, 3.05) is 0 Å². The molecular weight excluding hydrogens is 254 g/mol. The van der Waals surface area contributed by atoms with Crippen molar-refractivity contribution in [3.63, 3.8) is 0 Å². The summed E-state index contributed by atoms with van der Waals surface area (Å²) in [5, 5.41) is 0. The van der Waals surface area contributed by atoms with Crippen LogP contribution in [0.25, 0.3) is 6.08 Å². The molecule has 0 N–H and O–H groups in total. The van der Waals surface area contributed by atoms with Crippen LogP contribution >= 0.6 is 0 Å². The third-order valence-electron chi connectivity index (χ3n) is 2.10. The first-order chi connectivity index (χ1) is 8.68. The van der Waals surface area contributed by atoms with Crippen LogP contribution in [0.1, 0.15) is 26.3 Å². The maximum absolute atomic E-state index is 12.9. The van der Waals surface area contributed by atoms with Gasteiger partial charge in [-0.2, -0.15) is 0 Å². The molecule has 3 nitrogen and oxygen atoms in total. The number of carbonyl (C=O) groups is 2. The van der Waals surface area contributed by atoms with Gasteiger partial charge < -0.3 is 4.74 Å². The minimum absolute atomic E-state index is 0.164. The molecule has 1 rings (SSSR count). The number of benzene rings is 1. The van der Waals surface area contributed by atoms with E-state index in [2.05, 4.69) is 4.74 Å². The van der Waals surface area contributed by atoms with Crippen molar-refractivity contribution >= 4 is 18.0 Å². The second-order valence-electron chi connectivity index (χ2n) is 4.99. The van der Waals surface area contributed by atoms with Crippen LogP contribution in [0.2, 0.25) is 0 Å². The maximum atomic E-state index is 12.9.